The van der Waals surface area contributed by atoms with Crippen molar-refractivity contribution in [1.82, 2.24) is 4.90 Å². The zero-order valence-corrected chi connectivity index (χ0v) is 11.1. The smallest absolute Gasteiger partial charge is 0.329 e. The van der Waals surface area contributed by atoms with E-state index >= 15 is 0 Å². The number of aliphatic carboxylic acids is 1. The van der Waals surface area contributed by atoms with E-state index in [1.807, 2.05) is 6.92 Å². The van der Waals surface area contributed by atoms with Gasteiger partial charge in [0.1, 0.15) is 5.54 Å². The van der Waals surface area contributed by atoms with Gasteiger partial charge >= 0.3 is 5.97 Å². The molecule has 5 heteroatoms. The summed E-state index contributed by atoms with van der Waals surface area (Å²) >= 11 is 0. The molecule has 3 unspecified atom stereocenters. The standard InChI is InChI=1S/C13H22N2O3/c1-12(6-3-5-9(12)14)10(16)15-8-4-7-13(15,2)11(17)18/h9H,3-8,14H2,1-2H3,(H,17,18). The highest BCUT2D eigenvalue weighted by Crippen LogP contribution is 2.42. The van der Waals surface area contributed by atoms with Gasteiger partial charge in [0.05, 0.1) is 5.41 Å². The van der Waals surface area contributed by atoms with Crippen molar-refractivity contribution in [3.63, 3.8) is 0 Å². The third-order valence-corrected chi connectivity index (χ3v) is 4.87. The normalized spacial score (nSPS) is 40.2. The lowest BCUT2D eigenvalue weighted by Gasteiger charge is -2.38. The summed E-state index contributed by atoms with van der Waals surface area (Å²) in [5.74, 6) is -0.988. The Labute approximate surface area is 107 Å². The molecule has 1 saturated carbocycles. The van der Waals surface area contributed by atoms with Crippen LogP contribution in [0, 0.1) is 5.41 Å². The van der Waals surface area contributed by atoms with Crippen LogP contribution >= 0.6 is 0 Å². The first-order chi connectivity index (χ1) is 8.32. The summed E-state index contributed by atoms with van der Waals surface area (Å²) in [6.45, 7) is 4.06. The monoisotopic (exact) mass is 254 g/mol. The minimum Gasteiger partial charge on any atom is -0.480 e. The van der Waals surface area contributed by atoms with Crippen molar-refractivity contribution < 1.29 is 14.7 Å². The predicted octanol–water partition coefficient (Wildman–Crippen LogP) is 0.970. The first kappa shape index (κ1) is 13.3. The molecule has 1 saturated heterocycles. The van der Waals surface area contributed by atoms with E-state index in [9.17, 15) is 14.7 Å². The SMILES string of the molecule is CC1(C(=O)N2CCCC2(C)C(=O)O)CCCC1N. The average molecular weight is 254 g/mol. The van der Waals surface area contributed by atoms with Gasteiger partial charge in [-0.25, -0.2) is 4.79 Å². The van der Waals surface area contributed by atoms with Gasteiger partial charge in [0.25, 0.3) is 0 Å². The Balaban J connectivity index is 2.26. The van der Waals surface area contributed by atoms with Crippen molar-refractivity contribution in [2.75, 3.05) is 6.54 Å². The van der Waals surface area contributed by atoms with Crippen molar-refractivity contribution in [3.8, 4) is 0 Å². The summed E-state index contributed by atoms with van der Waals surface area (Å²) in [4.78, 5) is 25.6. The number of nitrogens with two attached hydrogens (primary N) is 1. The number of hydrogen-bond donors (Lipinski definition) is 2. The highest BCUT2D eigenvalue weighted by atomic mass is 16.4. The highest BCUT2D eigenvalue weighted by molar-refractivity contribution is 5.90. The van der Waals surface area contributed by atoms with Crippen LogP contribution in [0.1, 0.15) is 46.0 Å². The molecule has 3 atom stereocenters. The van der Waals surface area contributed by atoms with Crippen molar-refractivity contribution in [2.45, 2.75) is 57.5 Å². The van der Waals surface area contributed by atoms with E-state index in [1.54, 1.807) is 11.8 Å². The zero-order valence-electron chi connectivity index (χ0n) is 11.1. The van der Waals surface area contributed by atoms with E-state index in [4.69, 9.17) is 5.73 Å². The molecule has 1 aliphatic carbocycles. The van der Waals surface area contributed by atoms with Gasteiger partial charge < -0.3 is 15.7 Å². The number of carbonyl (C=O) groups excluding carboxylic acids is 1. The van der Waals surface area contributed by atoms with Gasteiger partial charge in [0, 0.05) is 12.6 Å². The van der Waals surface area contributed by atoms with Crippen LogP contribution in [0.15, 0.2) is 0 Å². The fourth-order valence-corrected chi connectivity index (χ4v) is 3.28. The second-order valence-corrected chi connectivity index (χ2v) is 6.06. The molecule has 1 heterocycles. The Morgan fingerprint density at radius 1 is 1.28 bits per heavy atom. The van der Waals surface area contributed by atoms with E-state index in [2.05, 4.69) is 0 Å². The summed E-state index contributed by atoms with van der Waals surface area (Å²) in [6, 6.07) is -0.149. The van der Waals surface area contributed by atoms with Crippen LogP contribution in [-0.2, 0) is 9.59 Å². The van der Waals surface area contributed by atoms with Gasteiger partial charge in [-0.05, 0) is 39.5 Å². The van der Waals surface area contributed by atoms with Crippen LogP contribution in [0.25, 0.3) is 0 Å². The number of likely N-dealkylation sites (tertiary alicyclic amines) is 1. The number of nitrogens with zero attached hydrogens (tertiary/aromatic N) is 1. The minimum absolute atomic E-state index is 0.0742. The van der Waals surface area contributed by atoms with E-state index in [-0.39, 0.29) is 11.9 Å². The number of amides is 1. The minimum atomic E-state index is -1.05. The Morgan fingerprint density at radius 3 is 2.44 bits per heavy atom. The van der Waals surface area contributed by atoms with Crippen molar-refractivity contribution in [3.05, 3.63) is 0 Å². The molecule has 5 nitrogen and oxygen atoms in total. The van der Waals surface area contributed by atoms with Crippen LogP contribution in [-0.4, -0.2) is 40.0 Å². The van der Waals surface area contributed by atoms with Gasteiger partial charge in [-0.3, -0.25) is 4.79 Å². The number of rotatable bonds is 2. The fraction of sp³-hybridized carbons (Fsp3) is 0.846. The van der Waals surface area contributed by atoms with E-state index < -0.39 is 16.9 Å². The maximum atomic E-state index is 12.7. The van der Waals surface area contributed by atoms with Crippen LogP contribution in [0.3, 0.4) is 0 Å². The third kappa shape index (κ3) is 1.72. The van der Waals surface area contributed by atoms with Crippen LogP contribution in [0.5, 0.6) is 0 Å². The Bertz CT molecular complexity index is 384. The zero-order chi connectivity index (χ0) is 13.6. The number of hydrogen-bond acceptors (Lipinski definition) is 3. The van der Waals surface area contributed by atoms with Gasteiger partial charge in [-0.1, -0.05) is 6.42 Å². The van der Waals surface area contributed by atoms with E-state index in [0.717, 1.165) is 25.7 Å². The summed E-state index contributed by atoms with van der Waals surface area (Å²) in [6.07, 6.45) is 3.83. The molecule has 1 aliphatic heterocycles. The highest BCUT2D eigenvalue weighted by Gasteiger charge is 2.53. The molecular formula is C13H22N2O3. The van der Waals surface area contributed by atoms with Gasteiger partial charge in [0.15, 0.2) is 0 Å². The summed E-state index contributed by atoms with van der Waals surface area (Å²) in [5.41, 5.74) is 4.42. The lowest BCUT2D eigenvalue weighted by Crippen LogP contribution is -2.57. The maximum absolute atomic E-state index is 12.7. The summed E-state index contributed by atoms with van der Waals surface area (Å²) in [5, 5.41) is 9.36. The second-order valence-electron chi connectivity index (χ2n) is 6.06. The second kappa shape index (κ2) is 4.23. The fourth-order valence-electron chi connectivity index (χ4n) is 3.28. The lowest BCUT2D eigenvalue weighted by atomic mass is 9.82. The average Bonchev–Trinajstić information content (AvgIpc) is 2.85. The maximum Gasteiger partial charge on any atom is 0.329 e. The van der Waals surface area contributed by atoms with Gasteiger partial charge in [-0.2, -0.15) is 0 Å². The summed E-state index contributed by atoms with van der Waals surface area (Å²) in [7, 11) is 0. The van der Waals surface area contributed by atoms with Crippen LogP contribution in [0.2, 0.25) is 0 Å². The molecule has 3 N–H and O–H groups in total. The molecule has 0 spiro atoms. The third-order valence-electron chi connectivity index (χ3n) is 4.87. The van der Waals surface area contributed by atoms with E-state index in [1.165, 1.54) is 0 Å². The first-order valence-corrected chi connectivity index (χ1v) is 6.63. The molecule has 102 valence electrons. The molecular weight excluding hydrogens is 232 g/mol. The molecule has 0 aromatic heterocycles. The number of carbonyl (C=O) groups is 2. The Hall–Kier alpha value is -1.10. The first-order valence-electron chi connectivity index (χ1n) is 6.63. The largest absolute Gasteiger partial charge is 0.480 e. The molecule has 2 rings (SSSR count). The van der Waals surface area contributed by atoms with E-state index in [0.29, 0.717) is 13.0 Å². The molecule has 0 bridgehead atoms. The molecule has 0 aromatic rings. The summed E-state index contributed by atoms with van der Waals surface area (Å²) < 4.78 is 0. The van der Waals surface area contributed by atoms with Crippen LogP contribution < -0.4 is 5.73 Å². The van der Waals surface area contributed by atoms with Crippen LogP contribution in [0.4, 0.5) is 0 Å². The Kier molecular flexibility index (Phi) is 3.13. The molecule has 2 fully saturated rings. The predicted molar refractivity (Wildman–Crippen MR) is 66.9 cm³/mol. The molecule has 18 heavy (non-hydrogen) atoms. The van der Waals surface area contributed by atoms with Gasteiger partial charge in [-0.15, -0.1) is 0 Å². The molecule has 1 amide bonds. The topological polar surface area (TPSA) is 83.6 Å². The Morgan fingerprint density at radius 2 is 1.94 bits per heavy atom. The lowest BCUT2D eigenvalue weighted by molar-refractivity contribution is -0.159. The number of carboxylic acid groups (broad SMARTS) is 1. The molecule has 2 aliphatic rings. The van der Waals surface area contributed by atoms with Crippen molar-refractivity contribution >= 4 is 11.9 Å². The number of carboxylic acids is 1. The van der Waals surface area contributed by atoms with Crippen molar-refractivity contribution in [1.29, 1.82) is 0 Å². The quantitative estimate of drug-likeness (QED) is 0.769. The molecule has 0 aromatic carbocycles. The van der Waals surface area contributed by atoms with Crippen molar-refractivity contribution in [2.24, 2.45) is 11.1 Å². The van der Waals surface area contributed by atoms with Gasteiger partial charge in [0.2, 0.25) is 5.91 Å². The molecule has 0 radical (unpaired) electrons.